The molecule has 0 spiro atoms. The summed E-state index contributed by atoms with van der Waals surface area (Å²) in [7, 11) is 0. The Morgan fingerprint density at radius 1 is 0.375 bits per heavy atom. The molecule has 0 saturated carbocycles. The van der Waals surface area contributed by atoms with E-state index in [9.17, 15) is 0 Å². The summed E-state index contributed by atoms with van der Waals surface area (Å²) in [6, 6.07) is 58.5. The van der Waals surface area contributed by atoms with Crippen LogP contribution in [0.4, 0.5) is 0 Å². The minimum absolute atomic E-state index is 1.23. The van der Waals surface area contributed by atoms with Gasteiger partial charge >= 0.3 is 0 Å². The second-order valence-corrected chi connectivity index (χ2v) is 12.9. The van der Waals surface area contributed by atoms with Crippen LogP contribution in [0.5, 0.6) is 0 Å². The van der Waals surface area contributed by atoms with Gasteiger partial charge in [-0.05, 0) is 131 Å². The summed E-state index contributed by atoms with van der Waals surface area (Å²) >= 11 is 0. The molecule has 0 aliphatic heterocycles. The van der Waals surface area contributed by atoms with Crippen molar-refractivity contribution in [3.63, 3.8) is 0 Å². The van der Waals surface area contributed by atoms with Gasteiger partial charge in [0.15, 0.2) is 0 Å². The summed E-state index contributed by atoms with van der Waals surface area (Å²) in [5.74, 6) is 0. The standard InChI is InChI=1S/C48H34/c1-3-12-32-19-21-37(27-31(32)2)45-29-43(34-14-6-4-7-15-34)39-24-26-42-46(38-22-20-33-13-10-11-18-36(33)28-38)30-44(35-16-8-5-9-17-35)40-23-25-41(45)47(39)48(40)42/h3-30H,1-2H3/b12-3-. The predicted octanol–water partition coefficient (Wildman–Crippen LogP) is 13.7. The van der Waals surface area contributed by atoms with Gasteiger partial charge in [-0.3, -0.25) is 0 Å². The largest absolute Gasteiger partial charge is 0.0871 e. The third-order valence-electron chi connectivity index (χ3n) is 10.1. The average molecular weight is 611 g/mol. The second kappa shape index (κ2) is 11.4. The number of rotatable bonds is 5. The van der Waals surface area contributed by atoms with E-state index in [2.05, 4.69) is 184 Å². The number of hydrogen-bond donors (Lipinski definition) is 0. The Balaban J connectivity index is 1.44. The minimum Gasteiger partial charge on any atom is -0.0871 e. The quantitative estimate of drug-likeness (QED) is 0.170. The molecule has 0 N–H and O–H groups in total. The van der Waals surface area contributed by atoms with Crippen molar-refractivity contribution in [1.82, 2.24) is 0 Å². The lowest BCUT2D eigenvalue weighted by Gasteiger charge is -2.22. The third kappa shape index (κ3) is 4.53. The van der Waals surface area contributed by atoms with Gasteiger partial charge < -0.3 is 0 Å². The van der Waals surface area contributed by atoms with E-state index in [0.29, 0.717) is 0 Å². The van der Waals surface area contributed by atoms with Crippen LogP contribution in [0.3, 0.4) is 0 Å². The van der Waals surface area contributed by atoms with Gasteiger partial charge in [0.25, 0.3) is 0 Å². The Bertz CT molecular complexity index is 2660. The van der Waals surface area contributed by atoms with Gasteiger partial charge in [0.2, 0.25) is 0 Å². The summed E-state index contributed by atoms with van der Waals surface area (Å²) in [5, 5.41) is 10.3. The number of hydrogen-bond acceptors (Lipinski definition) is 0. The van der Waals surface area contributed by atoms with Crippen LogP contribution in [-0.2, 0) is 0 Å². The van der Waals surface area contributed by atoms with Crippen molar-refractivity contribution in [2.45, 2.75) is 13.8 Å². The number of benzene rings is 9. The molecule has 0 nitrogen and oxygen atoms in total. The fraction of sp³-hybridized carbons (Fsp3) is 0.0417. The first kappa shape index (κ1) is 28.3. The molecule has 9 aromatic carbocycles. The average Bonchev–Trinajstić information content (AvgIpc) is 3.15. The Morgan fingerprint density at radius 3 is 1.35 bits per heavy atom. The Hall–Kier alpha value is -5.98. The third-order valence-corrected chi connectivity index (χ3v) is 10.1. The lowest BCUT2D eigenvalue weighted by molar-refractivity contribution is 1.44. The van der Waals surface area contributed by atoms with E-state index in [1.54, 1.807) is 0 Å². The highest BCUT2D eigenvalue weighted by atomic mass is 14.2. The molecule has 0 heterocycles. The molecule has 0 radical (unpaired) electrons. The molecular formula is C48H34. The van der Waals surface area contributed by atoms with E-state index in [-0.39, 0.29) is 0 Å². The van der Waals surface area contributed by atoms with E-state index in [1.807, 2.05) is 0 Å². The van der Waals surface area contributed by atoms with Crippen molar-refractivity contribution < 1.29 is 0 Å². The summed E-state index contributed by atoms with van der Waals surface area (Å²) in [6.45, 7) is 4.30. The molecular weight excluding hydrogens is 577 g/mol. The molecule has 0 aromatic heterocycles. The number of fused-ring (bicyclic) bond motifs is 1. The molecule has 0 amide bonds. The molecule has 0 saturated heterocycles. The van der Waals surface area contributed by atoms with Gasteiger partial charge in [0, 0.05) is 0 Å². The van der Waals surface area contributed by atoms with Crippen LogP contribution in [0.25, 0.3) is 93.7 Å². The van der Waals surface area contributed by atoms with Crippen molar-refractivity contribution in [2.75, 3.05) is 0 Å². The number of allylic oxidation sites excluding steroid dienone is 1. The summed E-state index contributed by atoms with van der Waals surface area (Å²) < 4.78 is 0. The van der Waals surface area contributed by atoms with Gasteiger partial charge in [-0.1, -0.05) is 152 Å². The van der Waals surface area contributed by atoms with Crippen LogP contribution in [0.1, 0.15) is 18.1 Å². The monoisotopic (exact) mass is 610 g/mol. The topological polar surface area (TPSA) is 0 Å². The Labute approximate surface area is 281 Å². The molecule has 0 atom stereocenters. The van der Waals surface area contributed by atoms with Crippen molar-refractivity contribution in [3.05, 3.63) is 175 Å². The van der Waals surface area contributed by atoms with Crippen LogP contribution in [0, 0.1) is 6.92 Å². The zero-order chi connectivity index (χ0) is 32.2. The molecule has 0 heteroatoms. The van der Waals surface area contributed by atoms with E-state index < -0.39 is 0 Å². The van der Waals surface area contributed by atoms with E-state index >= 15 is 0 Å². The molecule has 0 aliphatic carbocycles. The van der Waals surface area contributed by atoms with E-state index in [0.717, 1.165) is 0 Å². The molecule has 9 rings (SSSR count). The van der Waals surface area contributed by atoms with Gasteiger partial charge in [0.05, 0.1) is 0 Å². The normalized spacial score (nSPS) is 11.9. The van der Waals surface area contributed by atoms with Crippen molar-refractivity contribution in [2.24, 2.45) is 0 Å². The summed E-state index contributed by atoms with van der Waals surface area (Å²) in [4.78, 5) is 0. The molecule has 48 heavy (non-hydrogen) atoms. The Kier molecular flexibility index (Phi) is 6.69. The minimum atomic E-state index is 1.23. The fourth-order valence-electron chi connectivity index (χ4n) is 7.75. The summed E-state index contributed by atoms with van der Waals surface area (Å²) in [5.41, 5.74) is 12.5. The van der Waals surface area contributed by atoms with Gasteiger partial charge in [-0.25, -0.2) is 0 Å². The van der Waals surface area contributed by atoms with Crippen LogP contribution in [0.2, 0.25) is 0 Å². The molecule has 0 bridgehead atoms. The highest BCUT2D eigenvalue weighted by Crippen LogP contribution is 2.48. The first-order valence-corrected chi connectivity index (χ1v) is 16.8. The van der Waals surface area contributed by atoms with Crippen molar-refractivity contribution >= 4 is 49.2 Å². The van der Waals surface area contributed by atoms with Gasteiger partial charge in [0.1, 0.15) is 0 Å². The van der Waals surface area contributed by atoms with E-state index in [4.69, 9.17) is 0 Å². The van der Waals surface area contributed by atoms with Gasteiger partial charge in [-0.2, -0.15) is 0 Å². The Morgan fingerprint density at radius 2 is 0.833 bits per heavy atom. The highest BCUT2D eigenvalue weighted by molar-refractivity contribution is 6.32. The second-order valence-electron chi connectivity index (χ2n) is 12.9. The van der Waals surface area contributed by atoms with Crippen LogP contribution < -0.4 is 0 Å². The van der Waals surface area contributed by atoms with Crippen LogP contribution >= 0.6 is 0 Å². The lowest BCUT2D eigenvalue weighted by atomic mass is 9.81. The molecule has 0 aliphatic rings. The molecule has 226 valence electrons. The molecule has 0 fully saturated rings. The maximum atomic E-state index is 2.42. The van der Waals surface area contributed by atoms with E-state index in [1.165, 1.54) is 98.7 Å². The van der Waals surface area contributed by atoms with Crippen molar-refractivity contribution in [1.29, 1.82) is 0 Å². The zero-order valence-corrected chi connectivity index (χ0v) is 27.2. The maximum absolute atomic E-state index is 2.42. The molecule has 0 unspecified atom stereocenters. The maximum Gasteiger partial charge on any atom is -0.00139 e. The summed E-state index contributed by atoms with van der Waals surface area (Å²) in [6.07, 6.45) is 4.31. The first-order valence-electron chi connectivity index (χ1n) is 16.8. The smallest absolute Gasteiger partial charge is 0.00139 e. The molecule has 9 aromatic rings. The first-order chi connectivity index (χ1) is 23.7. The van der Waals surface area contributed by atoms with Crippen LogP contribution in [0.15, 0.2) is 164 Å². The number of aryl methyl sites for hydroxylation is 1. The van der Waals surface area contributed by atoms with Gasteiger partial charge in [-0.15, -0.1) is 0 Å². The van der Waals surface area contributed by atoms with Crippen LogP contribution in [-0.4, -0.2) is 0 Å². The SMILES string of the molecule is C/C=C\c1ccc(-c2cc(-c3ccccc3)c3ccc4c(-c5ccc6ccccc6c5)cc(-c5ccccc5)c5ccc2c3c54)cc1C. The predicted molar refractivity (Wildman–Crippen MR) is 209 cm³/mol. The highest BCUT2D eigenvalue weighted by Gasteiger charge is 2.21. The van der Waals surface area contributed by atoms with Crippen molar-refractivity contribution in [3.8, 4) is 44.5 Å². The fourth-order valence-corrected chi connectivity index (χ4v) is 7.75. The zero-order valence-electron chi connectivity index (χ0n) is 27.2. The lowest BCUT2D eigenvalue weighted by Crippen LogP contribution is -1.94.